The Hall–Kier alpha value is -0.840. The first-order chi connectivity index (χ1) is 8.20. The van der Waals surface area contributed by atoms with Crippen LogP contribution in [-0.4, -0.2) is 6.61 Å². The molecule has 92 valence electrons. The summed E-state index contributed by atoms with van der Waals surface area (Å²) in [7, 11) is 0. The molecule has 0 aromatic heterocycles. The zero-order chi connectivity index (χ0) is 12.3. The van der Waals surface area contributed by atoms with Crippen molar-refractivity contribution in [1.82, 2.24) is 5.43 Å². The van der Waals surface area contributed by atoms with Crippen LogP contribution in [0.3, 0.4) is 0 Å². The summed E-state index contributed by atoms with van der Waals surface area (Å²) in [6.07, 6.45) is 3.92. The largest absolute Gasteiger partial charge is 0.501 e. The van der Waals surface area contributed by atoms with E-state index in [2.05, 4.69) is 46.5 Å². The molecule has 1 aliphatic heterocycles. The first kappa shape index (κ1) is 12.6. The second-order valence-electron chi connectivity index (χ2n) is 4.33. The van der Waals surface area contributed by atoms with Gasteiger partial charge in [0.1, 0.15) is 0 Å². The van der Waals surface area contributed by atoms with Crippen molar-refractivity contribution in [1.29, 1.82) is 0 Å². The molecule has 0 fully saturated rings. The summed E-state index contributed by atoms with van der Waals surface area (Å²) in [4.78, 5) is 0. The lowest BCUT2D eigenvalue weighted by atomic mass is 9.95. The summed E-state index contributed by atoms with van der Waals surface area (Å²) in [5.41, 5.74) is 6.46. The molecule has 1 heterocycles. The predicted molar refractivity (Wildman–Crippen MR) is 72.2 cm³/mol. The molecule has 0 bridgehead atoms. The van der Waals surface area contributed by atoms with Crippen LogP contribution in [0.15, 0.2) is 34.5 Å². The van der Waals surface area contributed by atoms with E-state index in [4.69, 9.17) is 10.6 Å². The lowest BCUT2D eigenvalue weighted by Crippen LogP contribution is -2.30. The van der Waals surface area contributed by atoms with Gasteiger partial charge in [0, 0.05) is 4.47 Å². The third kappa shape index (κ3) is 3.09. The normalized spacial score (nSPS) is 17.2. The van der Waals surface area contributed by atoms with Gasteiger partial charge in [-0.1, -0.05) is 22.0 Å². The Bertz CT molecular complexity index is 411. The fourth-order valence-electron chi connectivity index (χ4n) is 2.15. The maximum absolute atomic E-state index is 5.67. The van der Waals surface area contributed by atoms with E-state index in [0.29, 0.717) is 0 Å². The van der Waals surface area contributed by atoms with Gasteiger partial charge in [-0.05, 0) is 48.6 Å². The molecular formula is C13H17BrN2O. The van der Waals surface area contributed by atoms with Crippen molar-refractivity contribution in [2.45, 2.75) is 25.8 Å². The van der Waals surface area contributed by atoms with Crippen LogP contribution in [0.25, 0.3) is 0 Å². The molecule has 0 amide bonds. The van der Waals surface area contributed by atoms with Gasteiger partial charge in [0.2, 0.25) is 0 Å². The number of aryl methyl sites for hydroxylation is 1. The van der Waals surface area contributed by atoms with Crippen LogP contribution >= 0.6 is 15.9 Å². The van der Waals surface area contributed by atoms with Crippen LogP contribution in [0, 0.1) is 6.92 Å². The number of hydrogen-bond acceptors (Lipinski definition) is 3. The highest BCUT2D eigenvalue weighted by atomic mass is 79.9. The molecule has 4 heteroatoms. The van der Waals surface area contributed by atoms with Crippen molar-refractivity contribution in [3.63, 3.8) is 0 Å². The first-order valence-corrected chi connectivity index (χ1v) is 6.54. The Morgan fingerprint density at radius 1 is 1.41 bits per heavy atom. The van der Waals surface area contributed by atoms with Crippen LogP contribution in [-0.2, 0) is 4.74 Å². The molecule has 0 saturated heterocycles. The summed E-state index contributed by atoms with van der Waals surface area (Å²) in [6, 6.07) is 6.35. The SMILES string of the molecule is Cc1cc(Br)cc(C(NN)C2=COCCC2)c1. The van der Waals surface area contributed by atoms with Crippen LogP contribution in [0.2, 0.25) is 0 Å². The van der Waals surface area contributed by atoms with Crippen molar-refractivity contribution in [2.24, 2.45) is 5.84 Å². The maximum atomic E-state index is 5.67. The summed E-state index contributed by atoms with van der Waals surface area (Å²) >= 11 is 3.52. The Morgan fingerprint density at radius 3 is 2.82 bits per heavy atom. The molecule has 3 nitrogen and oxygen atoms in total. The van der Waals surface area contributed by atoms with Crippen LogP contribution in [0.4, 0.5) is 0 Å². The van der Waals surface area contributed by atoms with Gasteiger partial charge in [0.05, 0.1) is 18.9 Å². The Labute approximate surface area is 110 Å². The zero-order valence-electron chi connectivity index (χ0n) is 9.87. The number of hydrogen-bond donors (Lipinski definition) is 2. The van der Waals surface area contributed by atoms with E-state index in [1.54, 1.807) is 0 Å². The van der Waals surface area contributed by atoms with Crippen molar-refractivity contribution in [2.75, 3.05) is 6.61 Å². The average molecular weight is 297 g/mol. The van der Waals surface area contributed by atoms with E-state index in [1.807, 2.05) is 6.26 Å². The van der Waals surface area contributed by atoms with Gasteiger partial charge in [-0.3, -0.25) is 5.84 Å². The molecule has 1 atom stereocenters. The van der Waals surface area contributed by atoms with E-state index in [9.17, 15) is 0 Å². The molecule has 0 spiro atoms. The second-order valence-corrected chi connectivity index (χ2v) is 5.24. The van der Waals surface area contributed by atoms with Gasteiger partial charge in [-0.25, -0.2) is 5.43 Å². The Kier molecular flexibility index (Phi) is 4.20. The van der Waals surface area contributed by atoms with Crippen molar-refractivity contribution < 1.29 is 4.74 Å². The van der Waals surface area contributed by atoms with Crippen molar-refractivity contribution in [3.05, 3.63) is 45.6 Å². The maximum Gasteiger partial charge on any atom is 0.0876 e. The molecule has 1 aromatic carbocycles. The summed E-state index contributed by atoms with van der Waals surface area (Å²) in [5, 5.41) is 0. The van der Waals surface area contributed by atoms with E-state index >= 15 is 0 Å². The fourth-order valence-corrected chi connectivity index (χ4v) is 2.77. The van der Waals surface area contributed by atoms with Crippen LogP contribution in [0.5, 0.6) is 0 Å². The van der Waals surface area contributed by atoms with Crippen LogP contribution < -0.4 is 11.3 Å². The van der Waals surface area contributed by atoms with Crippen LogP contribution in [0.1, 0.15) is 30.0 Å². The lowest BCUT2D eigenvalue weighted by molar-refractivity contribution is 0.219. The predicted octanol–water partition coefficient (Wildman–Crippen LogP) is 2.96. The number of nitrogens with one attached hydrogen (secondary N) is 1. The summed E-state index contributed by atoms with van der Waals surface area (Å²) in [5.74, 6) is 5.67. The minimum absolute atomic E-state index is 0.0338. The Balaban J connectivity index is 2.31. The molecule has 1 aromatic rings. The van der Waals surface area contributed by atoms with E-state index in [-0.39, 0.29) is 6.04 Å². The first-order valence-electron chi connectivity index (χ1n) is 5.74. The van der Waals surface area contributed by atoms with Gasteiger partial charge in [-0.2, -0.15) is 0 Å². The van der Waals surface area contributed by atoms with Gasteiger partial charge in [0.25, 0.3) is 0 Å². The highest BCUT2D eigenvalue weighted by Gasteiger charge is 2.18. The second kappa shape index (κ2) is 5.67. The third-order valence-corrected chi connectivity index (χ3v) is 3.36. The number of halogens is 1. The minimum Gasteiger partial charge on any atom is -0.501 e. The van der Waals surface area contributed by atoms with E-state index in [0.717, 1.165) is 29.5 Å². The molecule has 0 saturated carbocycles. The number of rotatable bonds is 3. The van der Waals surface area contributed by atoms with Gasteiger partial charge in [0.15, 0.2) is 0 Å². The minimum atomic E-state index is 0.0338. The molecule has 0 radical (unpaired) electrons. The summed E-state index contributed by atoms with van der Waals surface area (Å²) < 4.78 is 6.45. The molecule has 1 aliphatic rings. The molecule has 2 rings (SSSR count). The quantitative estimate of drug-likeness (QED) is 0.666. The average Bonchev–Trinajstić information content (AvgIpc) is 2.30. The Morgan fingerprint density at radius 2 is 2.24 bits per heavy atom. The standard InChI is InChI=1S/C13H17BrN2O/c1-9-5-11(7-12(14)6-9)13(16-15)10-3-2-4-17-8-10/h5-8,13,16H,2-4,15H2,1H3. The molecular weight excluding hydrogens is 280 g/mol. The number of nitrogens with two attached hydrogens (primary N) is 1. The fraction of sp³-hybridized carbons (Fsp3) is 0.385. The topological polar surface area (TPSA) is 47.3 Å². The van der Waals surface area contributed by atoms with Gasteiger partial charge in [-0.15, -0.1) is 0 Å². The molecule has 1 unspecified atom stereocenters. The third-order valence-electron chi connectivity index (χ3n) is 2.90. The highest BCUT2D eigenvalue weighted by molar-refractivity contribution is 9.10. The monoisotopic (exact) mass is 296 g/mol. The van der Waals surface area contributed by atoms with E-state index < -0.39 is 0 Å². The molecule has 0 aliphatic carbocycles. The number of benzene rings is 1. The van der Waals surface area contributed by atoms with E-state index in [1.165, 1.54) is 11.1 Å². The lowest BCUT2D eigenvalue weighted by Gasteiger charge is -2.23. The van der Waals surface area contributed by atoms with Gasteiger partial charge < -0.3 is 4.74 Å². The van der Waals surface area contributed by atoms with Crippen molar-refractivity contribution >= 4 is 15.9 Å². The zero-order valence-corrected chi connectivity index (χ0v) is 11.5. The molecule has 17 heavy (non-hydrogen) atoms. The number of hydrazine groups is 1. The number of ether oxygens (including phenoxy) is 1. The van der Waals surface area contributed by atoms with Gasteiger partial charge >= 0.3 is 0 Å². The smallest absolute Gasteiger partial charge is 0.0876 e. The molecule has 3 N–H and O–H groups in total. The van der Waals surface area contributed by atoms with Crippen molar-refractivity contribution in [3.8, 4) is 0 Å². The summed E-state index contributed by atoms with van der Waals surface area (Å²) in [6.45, 7) is 2.88. The highest BCUT2D eigenvalue weighted by Crippen LogP contribution is 2.29.